The van der Waals surface area contributed by atoms with Gasteiger partial charge in [-0.2, -0.15) is 0 Å². The van der Waals surface area contributed by atoms with E-state index in [-0.39, 0.29) is 0 Å². The van der Waals surface area contributed by atoms with Gasteiger partial charge >= 0.3 is 0 Å². The van der Waals surface area contributed by atoms with E-state index in [2.05, 4.69) is 66.2 Å². The molecule has 0 aliphatic rings. The molecule has 0 fully saturated rings. The lowest BCUT2D eigenvalue weighted by molar-refractivity contribution is 0.834. The van der Waals surface area contributed by atoms with Crippen LogP contribution < -0.4 is 5.73 Å². The third kappa shape index (κ3) is 2.27. The largest absolute Gasteiger partial charge is 0.343 e. The molecule has 0 amide bonds. The number of benzene rings is 2. The third-order valence-corrected chi connectivity index (χ3v) is 3.61. The van der Waals surface area contributed by atoms with Gasteiger partial charge in [-0.15, -0.1) is 0 Å². The van der Waals surface area contributed by atoms with E-state index in [0.717, 1.165) is 6.54 Å². The summed E-state index contributed by atoms with van der Waals surface area (Å²) < 4.78 is 2.29. The van der Waals surface area contributed by atoms with Crippen molar-refractivity contribution in [1.29, 1.82) is 0 Å². The Morgan fingerprint density at radius 3 is 2.63 bits per heavy atom. The average molecular weight is 250 g/mol. The smallest absolute Gasteiger partial charge is 0.0486 e. The summed E-state index contributed by atoms with van der Waals surface area (Å²) in [6, 6.07) is 17.1. The van der Waals surface area contributed by atoms with Crippen LogP contribution >= 0.6 is 0 Å². The van der Waals surface area contributed by atoms with Crippen molar-refractivity contribution < 1.29 is 0 Å². The summed E-state index contributed by atoms with van der Waals surface area (Å²) in [5, 5.41) is 1.33. The van der Waals surface area contributed by atoms with Crippen LogP contribution in [-0.4, -0.2) is 4.57 Å². The summed E-state index contributed by atoms with van der Waals surface area (Å²) >= 11 is 0. The molecule has 19 heavy (non-hydrogen) atoms. The summed E-state index contributed by atoms with van der Waals surface area (Å²) in [7, 11) is 0. The molecule has 0 saturated carbocycles. The van der Waals surface area contributed by atoms with Crippen LogP contribution in [0.3, 0.4) is 0 Å². The molecule has 3 aromatic rings. The first-order chi connectivity index (χ1) is 9.28. The molecule has 96 valence electrons. The highest BCUT2D eigenvalue weighted by atomic mass is 14.9. The topological polar surface area (TPSA) is 30.9 Å². The van der Waals surface area contributed by atoms with Gasteiger partial charge in [0.1, 0.15) is 0 Å². The maximum Gasteiger partial charge on any atom is 0.0486 e. The number of aryl methyl sites for hydroxylation is 1. The minimum Gasteiger partial charge on any atom is -0.343 e. The Morgan fingerprint density at radius 1 is 1.00 bits per heavy atom. The zero-order chi connectivity index (χ0) is 13.2. The first-order valence-corrected chi connectivity index (χ1v) is 6.60. The highest BCUT2D eigenvalue weighted by molar-refractivity contribution is 5.83. The van der Waals surface area contributed by atoms with Gasteiger partial charge in [0.2, 0.25) is 0 Å². The lowest BCUT2D eigenvalue weighted by Gasteiger charge is -2.07. The van der Waals surface area contributed by atoms with Crippen molar-refractivity contribution in [3.63, 3.8) is 0 Å². The zero-order valence-corrected chi connectivity index (χ0v) is 11.1. The van der Waals surface area contributed by atoms with Gasteiger partial charge in [0.05, 0.1) is 0 Å². The van der Waals surface area contributed by atoms with E-state index in [0.29, 0.717) is 6.54 Å². The molecule has 0 unspecified atom stereocenters. The van der Waals surface area contributed by atoms with Crippen molar-refractivity contribution in [3.8, 4) is 0 Å². The molecular formula is C17H18N2. The first-order valence-electron chi connectivity index (χ1n) is 6.60. The van der Waals surface area contributed by atoms with E-state index in [9.17, 15) is 0 Å². The molecule has 0 radical (unpaired) electrons. The molecule has 2 heteroatoms. The monoisotopic (exact) mass is 250 g/mol. The van der Waals surface area contributed by atoms with Crippen molar-refractivity contribution in [1.82, 2.24) is 4.57 Å². The Morgan fingerprint density at radius 2 is 1.79 bits per heavy atom. The predicted molar refractivity (Wildman–Crippen MR) is 80.1 cm³/mol. The van der Waals surface area contributed by atoms with E-state index in [1.165, 1.54) is 27.6 Å². The average Bonchev–Trinajstić information content (AvgIpc) is 2.84. The molecule has 3 rings (SSSR count). The number of nitrogens with two attached hydrogens (primary N) is 1. The summed E-state index contributed by atoms with van der Waals surface area (Å²) in [4.78, 5) is 0. The fraction of sp³-hybridized carbons (Fsp3) is 0.176. The number of nitrogens with zero attached hydrogens (tertiary/aromatic N) is 1. The Balaban J connectivity index is 1.99. The van der Waals surface area contributed by atoms with Crippen LogP contribution in [-0.2, 0) is 13.1 Å². The lowest BCUT2D eigenvalue weighted by Crippen LogP contribution is -2.01. The van der Waals surface area contributed by atoms with Gasteiger partial charge in [0.15, 0.2) is 0 Å². The van der Waals surface area contributed by atoms with Crippen molar-refractivity contribution in [3.05, 3.63) is 71.4 Å². The number of rotatable bonds is 3. The van der Waals surface area contributed by atoms with Crippen LogP contribution in [0.2, 0.25) is 0 Å². The van der Waals surface area contributed by atoms with Crippen LogP contribution in [0.1, 0.15) is 16.7 Å². The standard InChI is InChI=1S/C17H18N2/c1-13-4-2-7-17-16(13)8-9-19(17)12-15-6-3-5-14(10-15)11-18/h2-10H,11-12,18H2,1H3. The molecule has 1 aromatic heterocycles. The van der Waals surface area contributed by atoms with Crippen molar-refractivity contribution in [2.45, 2.75) is 20.0 Å². The van der Waals surface area contributed by atoms with Crippen molar-refractivity contribution in [2.24, 2.45) is 5.73 Å². The molecule has 0 aliphatic carbocycles. The Kier molecular flexibility index (Phi) is 3.10. The van der Waals surface area contributed by atoms with Gasteiger partial charge in [-0.1, -0.05) is 36.4 Å². The van der Waals surface area contributed by atoms with Gasteiger partial charge in [-0.3, -0.25) is 0 Å². The normalized spacial score (nSPS) is 11.1. The molecule has 2 nitrogen and oxygen atoms in total. The number of hydrogen-bond donors (Lipinski definition) is 1. The minimum atomic E-state index is 0.597. The summed E-state index contributed by atoms with van der Waals surface area (Å²) in [5.74, 6) is 0. The minimum absolute atomic E-state index is 0.597. The molecule has 0 aliphatic heterocycles. The molecule has 0 spiro atoms. The molecule has 0 atom stereocenters. The maximum absolute atomic E-state index is 5.70. The predicted octanol–water partition coefficient (Wildman–Crippen LogP) is 3.46. The molecule has 2 aromatic carbocycles. The fourth-order valence-electron chi connectivity index (χ4n) is 2.57. The van der Waals surface area contributed by atoms with Gasteiger partial charge in [-0.25, -0.2) is 0 Å². The van der Waals surface area contributed by atoms with E-state index in [1.807, 2.05) is 0 Å². The maximum atomic E-state index is 5.70. The van der Waals surface area contributed by atoms with Crippen LogP contribution in [0.5, 0.6) is 0 Å². The highest BCUT2D eigenvalue weighted by Gasteiger charge is 2.03. The fourth-order valence-corrected chi connectivity index (χ4v) is 2.57. The van der Waals surface area contributed by atoms with Gasteiger partial charge < -0.3 is 10.3 Å². The third-order valence-electron chi connectivity index (χ3n) is 3.61. The van der Waals surface area contributed by atoms with E-state index < -0.39 is 0 Å². The second kappa shape index (κ2) is 4.90. The number of fused-ring (bicyclic) bond motifs is 1. The van der Waals surface area contributed by atoms with Crippen LogP contribution in [0, 0.1) is 6.92 Å². The van der Waals surface area contributed by atoms with Crippen LogP contribution in [0.4, 0.5) is 0 Å². The Bertz CT molecular complexity index is 710. The van der Waals surface area contributed by atoms with Crippen molar-refractivity contribution >= 4 is 10.9 Å². The molecule has 0 bridgehead atoms. The second-order valence-electron chi connectivity index (χ2n) is 4.98. The quantitative estimate of drug-likeness (QED) is 0.758. The number of aromatic nitrogens is 1. The highest BCUT2D eigenvalue weighted by Crippen LogP contribution is 2.20. The van der Waals surface area contributed by atoms with Gasteiger partial charge in [-0.05, 0) is 35.7 Å². The molecule has 1 heterocycles. The van der Waals surface area contributed by atoms with E-state index >= 15 is 0 Å². The van der Waals surface area contributed by atoms with Crippen molar-refractivity contribution in [2.75, 3.05) is 0 Å². The molecule has 2 N–H and O–H groups in total. The Labute approximate surface area is 113 Å². The zero-order valence-electron chi connectivity index (χ0n) is 11.1. The molecular weight excluding hydrogens is 232 g/mol. The number of hydrogen-bond acceptors (Lipinski definition) is 1. The summed E-state index contributed by atoms with van der Waals surface area (Å²) in [6.45, 7) is 3.64. The van der Waals surface area contributed by atoms with Gasteiger partial charge in [0, 0.05) is 30.2 Å². The first kappa shape index (κ1) is 12.0. The van der Waals surface area contributed by atoms with Crippen LogP contribution in [0.25, 0.3) is 10.9 Å². The van der Waals surface area contributed by atoms with E-state index in [4.69, 9.17) is 5.73 Å². The van der Waals surface area contributed by atoms with Gasteiger partial charge in [0.25, 0.3) is 0 Å². The lowest BCUT2D eigenvalue weighted by atomic mass is 10.1. The summed E-state index contributed by atoms with van der Waals surface area (Å²) in [6.07, 6.45) is 2.16. The SMILES string of the molecule is Cc1cccc2c1ccn2Cc1cccc(CN)c1. The summed E-state index contributed by atoms with van der Waals surface area (Å²) in [5.41, 5.74) is 10.8. The van der Waals surface area contributed by atoms with E-state index in [1.54, 1.807) is 0 Å². The Hall–Kier alpha value is -2.06. The van der Waals surface area contributed by atoms with Crippen LogP contribution in [0.15, 0.2) is 54.7 Å². The second-order valence-corrected chi connectivity index (χ2v) is 4.98. The molecule has 0 saturated heterocycles.